The van der Waals surface area contributed by atoms with Gasteiger partial charge in [0.2, 0.25) is 0 Å². The van der Waals surface area contributed by atoms with E-state index in [-0.39, 0.29) is 24.2 Å². The van der Waals surface area contributed by atoms with E-state index in [1.165, 1.54) is 0 Å². The normalized spacial score (nSPS) is 12.0. The summed E-state index contributed by atoms with van der Waals surface area (Å²) in [6, 6.07) is 11.3. The Hall–Kier alpha value is -2.60. The second kappa shape index (κ2) is 8.48. The number of carbonyl (C=O) groups excluding carboxylic acids is 1. The molecule has 1 heterocycles. The SMILES string of the molecule is Cc1cc(C)c(CNC(=O)NC(CN(C)C)c2ccccc2)c(=O)[nH]1. The van der Waals surface area contributed by atoms with Crippen LogP contribution in [-0.4, -0.2) is 36.6 Å². The van der Waals surface area contributed by atoms with Crippen LogP contribution in [0, 0.1) is 13.8 Å². The van der Waals surface area contributed by atoms with E-state index in [4.69, 9.17) is 0 Å². The third-order valence-corrected chi connectivity index (χ3v) is 3.97. The molecule has 134 valence electrons. The zero-order chi connectivity index (χ0) is 18.4. The van der Waals surface area contributed by atoms with Crippen LogP contribution in [0.2, 0.25) is 0 Å². The van der Waals surface area contributed by atoms with Gasteiger partial charge in [-0.2, -0.15) is 0 Å². The first-order valence-electron chi connectivity index (χ1n) is 8.30. The highest BCUT2D eigenvalue weighted by Crippen LogP contribution is 2.13. The smallest absolute Gasteiger partial charge is 0.315 e. The van der Waals surface area contributed by atoms with Gasteiger partial charge in [0.25, 0.3) is 5.56 Å². The molecule has 0 aliphatic rings. The Balaban J connectivity index is 2.03. The van der Waals surface area contributed by atoms with Crippen molar-refractivity contribution in [2.45, 2.75) is 26.4 Å². The lowest BCUT2D eigenvalue weighted by Gasteiger charge is -2.23. The molecular weight excluding hydrogens is 316 g/mol. The number of carbonyl (C=O) groups is 1. The number of aryl methyl sites for hydroxylation is 2. The largest absolute Gasteiger partial charge is 0.334 e. The molecule has 2 aromatic rings. The van der Waals surface area contributed by atoms with Crippen molar-refractivity contribution in [1.29, 1.82) is 0 Å². The Morgan fingerprint density at radius 3 is 2.48 bits per heavy atom. The summed E-state index contributed by atoms with van der Waals surface area (Å²) in [6.45, 7) is 4.58. The molecule has 3 N–H and O–H groups in total. The summed E-state index contributed by atoms with van der Waals surface area (Å²) in [5, 5.41) is 5.77. The van der Waals surface area contributed by atoms with Crippen molar-refractivity contribution >= 4 is 6.03 Å². The molecule has 25 heavy (non-hydrogen) atoms. The predicted molar refractivity (Wildman–Crippen MR) is 99.6 cm³/mol. The minimum Gasteiger partial charge on any atom is -0.334 e. The molecule has 0 aliphatic carbocycles. The Morgan fingerprint density at radius 2 is 1.88 bits per heavy atom. The van der Waals surface area contributed by atoms with E-state index in [1.54, 1.807) is 0 Å². The highest BCUT2D eigenvalue weighted by atomic mass is 16.2. The maximum absolute atomic E-state index is 12.3. The lowest BCUT2D eigenvalue weighted by atomic mass is 10.1. The van der Waals surface area contributed by atoms with E-state index >= 15 is 0 Å². The molecule has 1 unspecified atom stereocenters. The fraction of sp³-hybridized carbons (Fsp3) is 0.368. The van der Waals surface area contributed by atoms with Crippen molar-refractivity contribution in [2.75, 3.05) is 20.6 Å². The van der Waals surface area contributed by atoms with Crippen molar-refractivity contribution in [3.05, 3.63) is 69.1 Å². The lowest BCUT2D eigenvalue weighted by molar-refractivity contribution is 0.232. The number of aromatic amines is 1. The highest BCUT2D eigenvalue weighted by molar-refractivity contribution is 5.74. The van der Waals surface area contributed by atoms with E-state index < -0.39 is 0 Å². The third-order valence-electron chi connectivity index (χ3n) is 3.97. The van der Waals surface area contributed by atoms with Gasteiger partial charge in [-0.25, -0.2) is 4.79 Å². The van der Waals surface area contributed by atoms with Gasteiger partial charge in [-0.05, 0) is 45.1 Å². The van der Waals surface area contributed by atoms with Gasteiger partial charge in [-0.15, -0.1) is 0 Å². The molecule has 0 saturated carbocycles. The molecule has 1 aromatic carbocycles. The first kappa shape index (κ1) is 18.7. The summed E-state index contributed by atoms with van der Waals surface area (Å²) in [6.07, 6.45) is 0. The molecule has 0 saturated heterocycles. The van der Waals surface area contributed by atoms with Crippen molar-refractivity contribution in [2.24, 2.45) is 0 Å². The van der Waals surface area contributed by atoms with Crippen molar-refractivity contribution < 1.29 is 4.79 Å². The van der Waals surface area contributed by atoms with Gasteiger partial charge in [0, 0.05) is 17.8 Å². The zero-order valence-corrected chi connectivity index (χ0v) is 15.2. The van der Waals surface area contributed by atoms with Gasteiger partial charge < -0.3 is 20.5 Å². The summed E-state index contributed by atoms with van der Waals surface area (Å²) >= 11 is 0. The molecule has 2 amide bonds. The van der Waals surface area contributed by atoms with Gasteiger partial charge in [0.1, 0.15) is 0 Å². The van der Waals surface area contributed by atoms with Crippen LogP contribution in [0.3, 0.4) is 0 Å². The number of amides is 2. The molecule has 0 radical (unpaired) electrons. The monoisotopic (exact) mass is 342 g/mol. The number of nitrogens with zero attached hydrogens (tertiary/aromatic N) is 1. The summed E-state index contributed by atoms with van der Waals surface area (Å²) < 4.78 is 0. The Bertz CT molecular complexity index is 769. The average molecular weight is 342 g/mol. The number of pyridine rings is 1. The molecule has 6 heteroatoms. The van der Waals surface area contributed by atoms with Crippen LogP contribution in [0.15, 0.2) is 41.2 Å². The number of nitrogens with one attached hydrogen (secondary N) is 3. The summed E-state index contributed by atoms with van der Waals surface area (Å²) in [5.74, 6) is 0. The molecule has 2 rings (SSSR count). The lowest BCUT2D eigenvalue weighted by Crippen LogP contribution is -2.41. The van der Waals surface area contributed by atoms with E-state index in [9.17, 15) is 9.59 Å². The van der Waals surface area contributed by atoms with Crippen LogP contribution in [0.1, 0.15) is 28.4 Å². The Morgan fingerprint density at radius 1 is 1.20 bits per heavy atom. The van der Waals surface area contributed by atoms with Crippen LogP contribution in [-0.2, 0) is 6.54 Å². The summed E-state index contributed by atoms with van der Waals surface area (Å²) in [5.41, 5.74) is 3.13. The fourth-order valence-electron chi connectivity index (χ4n) is 2.76. The number of likely N-dealkylation sites (N-methyl/N-ethyl adjacent to an activating group) is 1. The molecule has 1 atom stereocenters. The van der Waals surface area contributed by atoms with Crippen LogP contribution >= 0.6 is 0 Å². The van der Waals surface area contributed by atoms with Crippen LogP contribution < -0.4 is 16.2 Å². The summed E-state index contributed by atoms with van der Waals surface area (Å²) in [7, 11) is 3.93. The van der Waals surface area contributed by atoms with Crippen molar-refractivity contribution in [3.63, 3.8) is 0 Å². The molecule has 0 aliphatic heterocycles. The fourth-order valence-corrected chi connectivity index (χ4v) is 2.76. The van der Waals surface area contributed by atoms with Gasteiger partial charge in [0.05, 0.1) is 12.6 Å². The maximum atomic E-state index is 12.3. The number of urea groups is 1. The van der Waals surface area contributed by atoms with E-state index in [0.717, 1.165) is 16.8 Å². The number of aromatic nitrogens is 1. The number of hydrogen-bond donors (Lipinski definition) is 3. The number of H-pyrrole nitrogens is 1. The van der Waals surface area contributed by atoms with E-state index in [2.05, 4.69) is 15.6 Å². The minimum atomic E-state index is -0.296. The van der Waals surface area contributed by atoms with Gasteiger partial charge >= 0.3 is 6.03 Å². The Labute approximate surface area is 148 Å². The molecular formula is C19H26N4O2. The van der Waals surface area contributed by atoms with E-state index in [0.29, 0.717) is 12.1 Å². The van der Waals surface area contributed by atoms with Crippen LogP contribution in [0.25, 0.3) is 0 Å². The second-order valence-corrected chi connectivity index (χ2v) is 6.50. The molecule has 1 aromatic heterocycles. The Kier molecular flexibility index (Phi) is 6.36. The van der Waals surface area contributed by atoms with Crippen molar-refractivity contribution in [3.8, 4) is 0 Å². The topological polar surface area (TPSA) is 77.2 Å². The zero-order valence-electron chi connectivity index (χ0n) is 15.2. The van der Waals surface area contributed by atoms with Crippen LogP contribution in [0.5, 0.6) is 0 Å². The van der Waals surface area contributed by atoms with E-state index in [1.807, 2.05) is 69.2 Å². The first-order chi connectivity index (χ1) is 11.9. The van der Waals surface area contributed by atoms with Gasteiger partial charge in [-0.1, -0.05) is 30.3 Å². The number of hydrogen-bond acceptors (Lipinski definition) is 3. The maximum Gasteiger partial charge on any atom is 0.315 e. The average Bonchev–Trinajstić information content (AvgIpc) is 2.53. The van der Waals surface area contributed by atoms with Gasteiger partial charge in [0.15, 0.2) is 0 Å². The predicted octanol–water partition coefficient (Wildman–Crippen LogP) is 2.09. The quantitative estimate of drug-likeness (QED) is 0.752. The standard InChI is InChI=1S/C19H26N4O2/c1-13-10-14(2)21-18(24)16(13)11-20-19(25)22-17(12-23(3)4)15-8-6-5-7-9-15/h5-10,17H,11-12H2,1-4H3,(H,21,24)(H2,20,22,25). The molecule has 6 nitrogen and oxygen atoms in total. The van der Waals surface area contributed by atoms with Crippen molar-refractivity contribution in [1.82, 2.24) is 20.5 Å². The number of rotatable bonds is 6. The van der Waals surface area contributed by atoms with Gasteiger partial charge in [-0.3, -0.25) is 4.79 Å². The minimum absolute atomic E-state index is 0.131. The molecule has 0 spiro atoms. The van der Waals surface area contributed by atoms with Crippen LogP contribution in [0.4, 0.5) is 4.79 Å². The molecule has 0 fully saturated rings. The highest BCUT2D eigenvalue weighted by Gasteiger charge is 2.16. The number of benzene rings is 1. The summed E-state index contributed by atoms with van der Waals surface area (Å²) in [4.78, 5) is 29.1. The molecule has 0 bridgehead atoms. The first-order valence-corrected chi connectivity index (χ1v) is 8.30. The third kappa shape index (κ3) is 5.46. The second-order valence-electron chi connectivity index (χ2n) is 6.50.